The van der Waals surface area contributed by atoms with E-state index in [-0.39, 0.29) is 5.88 Å². The molecule has 0 heterocycles. The van der Waals surface area contributed by atoms with Gasteiger partial charge in [-0.15, -0.1) is 11.6 Å². The quantitative estimate of drug-likeness (QED) is 0.432. The Hall–Kier alpha value is -1.30. The van der Waals surface area contributed by atoms with Gasteiger partial charge in [0.05, 0.1) is 0 Å². The van der Waals surface area contributed by atoms with Gasteiger partial charge in [0.1, 0.15) is 5.88 Å². The Kier molecular flexibility index (Phi) is 4.36. The molecular weight excluding hydrogens is 212 g/mol. The molecule has 7 heteroatoms. The van der Waals surface area contributed by atoms with Gasteiger partial charge in [0.15, 0.2) is 0 Å². The van der Waals surface area contributed by atoms with Gasteiger partial charge in [-0.3, -0.25) is 9.59 Å². The summed E-state index contributed by atoms with van der Waals surface area (Å²) in [6.07, 6.45) is 0. The average molecular weight is 223 g/mol. The second-order valence-electron chi connectivity index (χ2n) is 2.79. The highest BCUT2D eigenvalue weighted by Gasteiger charge is 2.35. The maximum absolute atomic E-state index is 10.9. The largest absolute Gasteiger partial charge is 0.478 e. The molecule has 0 unspecified atom stereocenters. The molecule has 0 aliphatic heterocycles. The first-order chi connectivity index (χ1) is 6.31. The molecule has 0 spiro atoms. The van der Waals surface area contributed by atoms with Gasteiger partial charge in [-0.2, -0.15) is 0 Å². The van der Waals surface area contributed by atoms with Crippen LogP contribution >= 0.6 is 11.6 Å². The first-order valence-corrected chi connectivity index (χ1v) is 4.24. The SMILES string of the molecule is CC(=O)N[C@](C)(NC(=O)CCl)C(=O)O. The van der Waals surface area contributed by atoms with Crippen molar-refractivity contribution in [2.24, 2.45) is 0 Å². The average Bonchev–Trinajstić information content (AvgIpc) is 2.02. The van der Waals surface area contributed by atoms with E-state index in [0.29, 0.717) is 0 Å². The Balaban J connectivity index is 4.63. The lowest BCUT2D eigenvalue weighted by Gasteiger charge is -2.26. The zero-order valence-electron chi connectivity index (χ0n) is 7.76. The molecule has 6 nitrogen and oxygen atoms in total. The van der Waals surface area contributed by atoms with Crippen molar-refractivity contribution in [2.75, 3.05) is 5.88 Å². The number of rotatable bonds is 4. The van der Waals surface area contributed by atoms with E-state index in [0.717, 1.165) is 13.8 Å². The van der Waals surface area contributed by atoms with Gasteiger partial charge in [-0.1, -0.05) is 0 Å². The van der Waals surface area contributed by atoms with Gasteiger partial charge < -0.3 is 15.7 Å². The molecule has 0 aromatic rings. The third-order valence-corrected chi connectivity index (χ3v) is 1.61. The predicted octanol–water partition coefficient (Wildman–Crippen LogP) is -0.722. The smallest absolute Gasteiger partial charge is 0.350 e. The minimum absolute atomic E-state index is 0.373. The summed E-state index contributed by atoms with van der Waals surface area (Å²) in [4.78, 5) is 32.3. The molecule has 0 aromatic carbocycles. The zero-order chi connectivity index (χ0) is 11.4. The van der Waals surface area contributed by atoms with Gasteiger partial charge >= 0.3 is 5.97 Å². The van der Waals surface area contributed by atoms with Crippen LogP contribution in [0.15, 0.2) is 0 Å². The van der Waals surface area contributed by atoms with Gasteiger partial charge in [0.25, 0.3) is 0 Å². The van der Waals surface area contributed by atoms with Crippen LogP contribution in [0.5, 0.6) is 0 Å². The number of nitrogens with one attached hydrogen (secondary N) is 2. The Morgan fingerprint density at radius 2 is 1.86 bits per heavy atom. The summed E-state index contributed by atoms with van der Waals surface area (Å²) < 4.78 is 0. The van der Waals surface area contributed by atoms with Gasteiger partial charge in [-0.05, 0) is 6.92 Å². The summed E-state index contributed by atoms with van der Waals surface area (Å²) in [6, 6.07) is 0. The fourth-order valence-corrected chi connectivity index (χ4v) is 0.869. The van der Waals surface area contributed by atoms with E-state index in [1.165, 1.54) is 0 Å². The molecule has 0 saturated heterocycles. The normalized spacial score (nSPS) is 13.9. The lowest BCUT2D eigenvalue weighted by atomic mass is 10.2. The summed E-state index contributed by atoms with van der Waals surface area (Å²) in [5.74, 6) is -2.98. The molecule has 0 aliphatic rings. The lowest BCUT2D eigenvalue weighted by Crippen LogP contribution is -2.63. The van der Waals surface area contributed by atoms with Crippen LogP contribution in [0, 0.1) is 0 Å². The highest BCUT2D eigenvalue weighted by Crippen LogP contribution is 1.99. The summed E-state index contributed by atoms with van der Waals surface area (Å²) >= 11 is 5.18. The first-order valence-electron chi connectivity index (χ1n) is 3.71. The van der Waals surface area contributed by atoms with Crippen LogP contribution in [0.1, 0.15) is 13.8 Å². The first kappa shape index (κ1) is 12.7. The Morgan fingerprint density at radius 3 is 2.14 bits per heavy atom. The standard InChI is InChI=1S/C7H11ClN2O4/c1-4(11)9-7(2,6(13)14)10-5(12)3-8/h3H2,1-2H3,(H,9,11)(H,10,12)(H,13,14)/t7-/m1/s1. The number of hydrogen-bond donors (Lipinski definition) is 3. The number of carbonyl (C=O) groups excluding carboxylic acids is 2. The third kappa shape index (κ3) is 3.61. The fraction of sp³-hybridized carbons (Fsp3) is 0.571. The second-order valence-corrected chi connectivity index (χ2v) is 3.06. The highest BCUT2D eigenvalue weighted by atomic mass is 35.5. The Labute approximate surface area is 85.6 Å². The Bertz CT molecular complexity index is 268. The zero-order valence-corrected chi connectivity index (χ0v) is 8.51. The lowest BCUT2D eigenvalue weighted by molar-refractivity contribution is -0.150. The Morgan fingerprint density at radius 1 is 1.36 bits per heavy atom. The van der Waals surface area contributed by atoms with Crippen LogP contribution in [0.25, 0.3) is 0 Å². The number of amides is 2. The van der Waals surface area contributed by atoms with Gasteiger partial charge in [-0.25, -0.2) is 4.79 Å². The predicted molar refractivity (Wildman–Crippen MR) is 48.7 cm³/mol. The van der Waals surface area contributed by atoms with Gasteiger partial charge in [0, 0.05) is 6.92 Å². The van der Waals surface area contributed by atoms with Crippen molar-refractivity contribution in [1.29, 1.82) is 0 Å². The van der Waals surface area contributed by atoms with Crippen LogP contribution < -0.4 is 10.6 Å². The molecule has 0 rings (SSSR count). The highest BCUT2D eigenvalue weighted by molar-refractivity contribution is 6.27. The number of halogens is 1. The molecular formula is C7H11ClN2O4. The summed E-state index contributed by atoms with van der Waals surface area (Å²) in [5, 5.41) is 12.9. The van der Waals surface area contributed by atoms with Gasteiger partial charge in [0.2, 0.25) is 17.5 Å². The summed E-state index contributed by atoms with van der Waals surface area (Å²) in [6.45, 7) is 2.30. The van der Waals surface area contributed by atoms with Crippen molar-refractivity contribution in [3.63, 3.8) is 0 Å². The monoisotopic (exact) mass is 222 g/mol. The molecule has 14 heavy (non-hydrogen) atoms. The second kappa shape index (κ2) is 4.80. The maximum Gasteiger partial charge on any atom is 0.350 e. The molecule has 0 saturated carbocycles. The van der Waals surface area contributed by atoms with E-state index in [1.54, 1.807) is 0 Å². The van der Waals surface area contributed by atoms with E-state index in [4.69, 9.17) is 16.7 Å². The van der Waals surface area contributed by atoms with Crippen molar-refractivity contribution >= 4 is 29.4 Å². The van der Waals surface area contributed by atoms with Crippen LogP contribution in [-0.2, 0) is 14.4 Å². The van der Waals surface area contributed by atoms with E-state index >= 15 is 0 Å². The van der Waals surface area contributed by atoms with Crippen molar-refractivity contribution < 1.29 is 19.5 Å². The maximum atomic E-state index is 10.9. The van der Waals surface area contributed by atoms with E-state index in [9.17, 15) is 14.4 Å². The van der Waals surface area contributed by atoms with E-state index < -0.39 is 23.4 Å². The van der Waals surface area contributed by atoms with Crippen molar-refractivity contribution in [3.05, 3.63) is 0 Å². The molecule has 0 aliphatic carbocycles. The minimum Gasteiger partial charge on any atom is -0.478 e. The van der Waals surface area contributed by atoms with E-state index in [1.807, 2.05) is 0 Å². The fourth-order valence-electron chi connectivity index (χ4n) is 0.802. The number of carboxylic acids is 1. The molecule has 80 valence electrons. The molecule has 1 atom stereocenters. The minimum atomic E-state index is -1.82. The van der Waals surface area contributed by atoms with Crippen LogP contribution in [-0.4, -0.2) is 34.4 Å². The molecule has 0 aromatic heterocycles. The van der Waals surface area contributed by atoms with Crippen molar-refractivity contribution in [3.8, 4) is 0 Å². The summed E-state index contributed by atoms with van der Waals surface area (Å²) in [5.41, 5.74) is -1.82. The van der Waals surface area contributed by atoms with Crippen molar-refractivity contribution in [1.82, 2.24) is 10.6 Å². The molecule has 0 bridgehead atoms. The van der Waals surface area contributed by atoms with Crippen molar-refractivity contribution in [2.45, 2.75) is 19.5 Å². The number of alkyl halides is 1. The number of carbonyl (C=O) groups is 3. The summed E-state index contributed by atoms with van der Waals surface area (Å²) in [7, 11) is 0. The molecule has 0 fully saturated rings. The third-order valence-electron chi connectivity index (χ3n) is 1.36. The number of carboxylic acid groups (broad SMARTS) is 1. The molecule has 3 N–H and O–H groups in total. The van der Waals surface area contributed by atoms with Crippen LogP contribution in [0.4, 0.5) is 0 Å². The van der Waals surface area contributed by atoms with E-state index in [2.05, 4.69) is 10.6 Å². The molecule has 2 amide bonds. The topological polar surface area (TPSA) is 95.5 Å². The van der Waals surface area contributed by atoms with Crippen LogP contribution in [0.3, 0.4) is 0 Å². The number of aliphatic carboxylic acids is 1. The van der Waals surface area contributed by atoms with Crippen LogP contribution in [0.2, 0.25) is 0 Å². The number of hydrogen-bond acceptors (Lipinski definition) is 3. The molecule has 0 radical (unpaired) electrons.